The Morgan fingerprint density at radius 3 is 2.67 bits per heavy atom. The maximum Gasteiger partial charge on any atom is 0.242 e. The third kappa shape index (κ3) is 3.72. The van der Waals surface area contributed by atoms with Crippen molar-refractivity contribution in [2.45, 2.75) is 25.8 Å². The maximum atomic E-state index is 13.1. The van der Waals surface area contributed by atoms with Crippen molar-refractivity contribution < 1.29 is 14.3 Å². The molecule has 2 aromatic carbocycles. The standard InChI is InChI=1S/C22H26N2O3/c1-2-23(18-7-4-3-5-8-18)16-22(25)24-12-6-9-19(24)17-10-11-20-21(15-17)27-14-13-26-20/h3-5,7-8,10-11,15,19H,2,6,9,12-14,16H2,1H3. The first-order chi connectivity index (χ1) is 13.3. The summed E-state index contributed by atoms with van der Waals surface area (Å²) in [4.78, 5) is 17.2. The lowest BCUT2D eigenvalue weighted by Crippen LogP contribution is -2.40. The lowest BCUT2D eigenvalue weighted by atomic mass is 10.0. The summed E-state index contributed by atoms with van der Waals surface area (Å²) in [6.07, 6.45) is 2.02. The van der Waals surface area contributed by atoms with E-state index in [2.05, 4.69) is 30.0 Å². The van der Waals surface area contributed by atoms with Crippen LogP contribution in [0.15, 0.2) is 48.5 Å². The van der Waals surface area contributed by atoms with Gasteiger partial charge in [0.25, 0.3) is 0 Å². The van der Waals surface area contributed by atoms with E-state index in [1.807, 2.05) is 35.2 Å². The van der Waals surface area contributed by atoms with Gasteiger partial charge in [0.2, 0.25) is 5.91 Å². The van der Waals surface area contributed by atoms with Crippen LogP contribution in [0.4, 0.5) is 5.69 Å². The van der Waals surface area contributed by atoms with Crippen molar-refractivity contribution in [2.24, 2.45) is 0 Å². The minimum atomic E-state index is 0.114. The molecule has 1 amide bonds. The number of fused-ring (bicyclic) bond motifs is 1. The van der Waals surface area contributed by atoms with Crippen molar-refractivity contribution in [3.8, 4) is 11.5 Å². The molecule has 0 aromatic heterocycles. The summed E-state index contributed by atoms with van der Waals surface area (Å²) in [7, 11) is 0. The molecule has 0 bridgehead atoms. The molecule has 1 atom stereocenters. The molecule has 2 aliphatic heterocycles. The average molecular weight is 366 g/mol. The van der Waals surface area contributed by atoms with Gasteiger partial charge in [-0.05, 0) is 49.6 Å². The highest BCUT2D eigenvalue weighted by Crippen LogP contribution is 2.38. The number of carbonyl (C=O) groups excluding carboxylic acids is 1. The largest absolute Gasteiger partial charge is 0.486 e. The molecule has 5 heteroatoms. The van der Waals surface area contributed by atoms with E-state index in [1.165, 1.54) is 0 Å². The molecular formula is C22H26N2O3. The third-order valence-corrected chi connectivity index (χ3v) is 5.35. The molecule has 4 rings (SSSR count). The molecule has 0 spiro atoms. The zero-order chi connectivity index (χ0) is 18.6. The van der Waals surface area contributed by atoms with Crippen molar-refractivity contribution in [1.82, 2.24) is 4.90 Å². The summed E-state index contributed by atoms with van der Waals surface area (Å²) in [6.45, 7) is 5.27. The van der Waals surface area contributed by atoms with Crippen LogP contribution in [0.25, 0.3) is 0 Å². The van der Waals surface area contributed by atoms with Gasteiger partial charge in [-0.3, -0.25) is 4.79 Å². The molecule has 27 heavy (non-hydrogen) atoms. The molecule has 142 valence electrons. The average Bonchev–Trinajstić information content (AvgIpc) is 3.22. The molecular weight excluding hydrogens is 340 g/mol. The number of likely N-dealkylation sites (N-methyl/N-ethyl adjacent to an activating group) is 1. The first-order valence-corrected chi connectivity index (χ1v) is 9.75. The Balaban J connectivity index is 1.50. The van der Waals surface area contributed by atoms with Gasteiger partial charge >= 0.3 is 0 Å². The first kappa shape index (κ1) is 17.7. The SMILES string of the molecule is CCN(CC(=O)N1CCCC1c1ccc2c(c1)OCCO2)c1ccccc1. The van der Waals surface area contributed by atoms with Crippen molar-refractivity contribution >= 4 is 11.6 Å². The monoisotopic (exact) mass is 366 g/mol. The molecule has 0 aliphatic carbocycles. The van der Waals surface area contributed by atoms with Gasteiger partial charge in [0.1, 0.15) is 13.2 Å². The lowest BCUT2D eigenvalue weighted by molar-refractivity contribution is -0.130. The van der Waals surface area contributed by atoms with Gasteiger partial charge < -0.3 is 19.3 Å². The Hall–Kier alpha value is -2.69. The number of para-hydroxylation sites is 1. The normalized spacial score (nSPS) is 18.4. The fourth-order valence-corrected chi connectivity index (χ4v) is 3.96. The third-order valence-electron chi connectivity index (χ3n) is 5.35. The molecule has 2 heterocycles. The number of hydrogen-bond acceptors (Lipinski definition) is 4. The molecule has 1 saturated heterocycles. The molecule has 2 aromatic rings. The molecule has 2 aliphatic rings. The number of benzene rings is 2. The minimum Gasteiger partial charge on any atom is -0.486 e. The summed E-state index contributed by atoms with van der Waals surface area (Å²) in [5.41, 5.74) is 2.22. The van der Waals surface area contributed by atoms with Crippen molar-refractivity contribution in [2.75, 3.05) is 37.7 Å². The second-order valence-corrected chi connectivity index (χ2v) is 7.00. The van der Waals surface area contributed by atoms with Crippen molar-refractivity contribution in [1.29, 1.82) is 0 Å². The maximum absolute atomic E-state index is 13.1. The predicted molar refractivity (Wildman–Crippen MR) is 105 cm³/mol. The molecule has 1 unspecified atom stereocenters. The highest BCUT2D eigenvalue weighted by molar-refractivity contribution is 5.82. The number of anilines is 1. The Morgan fingerprint density at radius 1 is 1.11 bits per heavy atom. The van der Waals surface area contributed by atoms with Crippen LogP contribution in [0.5, 0.6) is 11.5 Å². The van der Waals surface area contributed by atoms with Crippen LogP contribution in [0, 0.1) is 0 Å². The molecule has 0 saturated carbocycles. The predicted octanol–water partition coefficient (Wildman–Crippen LogP) is 3.65. The summed E-state index contributed by atoms with van der Waals surface area (Å²) in [5, 5.41) is 0. The summed E-state index contributed by atoms with van der Waals surface area (Å²) in [5.74, 6) is 1.76. The van der Waals surface area contributed by atoms with Gasteiger partial charge in [0.05, 0.1) is 12.6 Å². The van der Waals surface area contributed by atoms with E-state index in [9.17, 15) is 4.79 Å². The quantitative estimate of drug-likeness (QED) is 0.810. The van der Waals surface area contributed by atoms with Crippen LogP contribution in [0.2, 0.25) is 0 Å². The zero-order valence-corrected chi connectivity index (χ0v) is 15.8. The minimum absolute atomic E-state index is 0.114. The van der Waals surface area contributed by atoms with Crippen LogP contribution in [-0.4, -0.2) is 43.7 Å². The van der Waals surface area contributed by atoms with Crippen LogP contribution in [-0.2, 0) is 4.79 Å². The van der Waals surface area contributed by atoms with E-state index in [0.29, 0.717) is 19.8 Å². The number of likely N-dealkylation sites (tertiary alicyclic amines) is 1. The Morgan fingerprint density at radius 2 is 1.89 bits per heavy atom. The number of rotatable bonds is 5. The van der Waals surface area contributed by atoms with Crippen molar-refractivity contribution in [3.63, 3.8) is 0 Å². The van der Waals surface area contributed by atoms with Crippen LogP contribution < -0.4 is 14.4 Å². The molecule has 0 N–H and O–H groups in total. The number of ether oxygens (including phenoxy) is 2. The van der Waals surface area contributed by atoms with Crippen LogP contribution >= 0.6 is 0 Å². The van der Waals surface area contributed by atoms with E-state index in [-0.39, 0.29) is 11.9 Å². The van der Waals surface area contributed by atoms with E-state index in [1.54, 1.807) is 0 Å². The van der Waals surface area contributed by atoms with Crippen LogP contribution in [0.3, 0.4) is 0 Å². The summed E-state index contributed by atoms with van der Waals surface area (Å²) in [6, 6.07) is 16.3. The molecule has 1 fully saturated rings. The van der Waals surface area contributed by atoms with E-state index in [4.69, 9.17) is 9.47 Å². The van der Waals surface area contributed by atoms with Gasteiger partial charge in [0, 0.05) is 18.8 Å². The van der Waals surface area contributed by atoms with Gasteiger partial charge in [0.15, 0.2) is 11.5 Å². The Labute approximate surface area is 160 Å². The highest BCUT2D eigenvalue weighted by atomic mass is 16.6. The number of hydrogen-bond donors (Lipinski definition) is 0. The highest BCUT2D eigenvalue weighted by Gasteiger charge is 2.31. The zero-order valence-electron chi connectivity index (χ0n) is 15.8. The van der Waals surface area contributed by atoms with Gasteiger partial charge in [-0.1, -0.05) is 24.3 Å². The topological polar surface area (TPSA) is 42.0 Å². The van der Waals surface area contributed by atoms with E-state index >= 15 is 0 Å². The molecule has 0 radical (unpaired) electrons. The van der Waals surface area contributed by atoms with E-state index in [0.717, 1.165) is 48.7 Å². The Bertz CT molecular complexity index is 793. The number of carbonyl (C=O) groups is 1. The van der Waals surface area contributed by atoms with Gasteiger partial charge in [-0.2, -0.15) is 0 Å². The first-order valence-electron chi connectivity index (χ1n) is 9.75. The van der Waals surface area contributed by atoms with E-state index < -0.39 is 0 Å². The van der Waals surface area contributed by atoms with Gasteiger partial charge in [-0.15, -0.1) is 0 Å². The van der Waals surface area contributed by atoms with Crippen LogP contribution in [0.1, 0.15) is 31.4 Å². The lowest BCUT2D eigenvalue weighted by Gasteiger charge is -2.30. The second kappa shape index (κ2) is 7.91. The molecule has 5 nitrogen and oxygen atoms in total. The summed E-state index contributed by atoms with van der Waals surface area (Å²) < 4.78 is 11.3. The fourth-order valence-electron chi connectivity index (χ4n) is 3.96. The number of amides is 1. The Kier molecular flexibility index (Phi) is 5.19. The second-order valence-electron chi connectivity index (χ2n) is 7.00. The number of nitrogens with zero attached hydrogens (tertiary/aromatic N) is 2. The van der Waals surface area contributed by atoms with Gasteiger partial charge in [-0.25, -0.2) is 0 Å². The summed E-state index contributed by atoms with van der Waals surface area (Å²) >= 11 is 0. The smallest absolute Gasteiger partial charge is 0.242 e. The fraction of sp³-hybridized carbons (Fsp3) is 0.409. The van der Waals surface area contributed by atoms with Crippen molar-refractivity contribution in [3.05, 3.63) is 54.1 Å².